The molecule has 100 valence electrons. The highest BCUT2D eigenvalue weighted by Gasteiger charge is 2.21. The van der Waals surface area contributed by atoms with Gasteiger partial charge in [-0.25, -0.2) is 4.98 Å². The molecule has 5 heteroatoms. The van der Waals surface area contributed by atoms with Crippen LogP contribution in [0, 0.1) is 5.41 Å². The molecule has 1 N–H and O–H groups in total. The predicted molar refractivity (Wildman–Crippen MR) is 77.5 cm³/mol. The third-order valence-corrected chi connectivity index (χ3v) is 3.64. The minimum absolute atomic E-state index is 0.133. The molecule has 1 aromatic carbocycles. The maximum atomic E-state index is 11.8. The maximum Gasteiger partial charge on any atom is 0.259 e. The first-order valence-corrected chi connectivity index (χ1v) is 7.01. The van der Waals surface area contributed by atoms with Crippen molar-refractivity contribution in [2.24, 2.45) is 5.41 Å². The Balaban J connectivity index is 2.23. The average molecular weight is 276 g/mol. The topological polar surface area (TPSA) is 62.8 Å². The lowest BCUT2D eigenvalue weighted by Gasteiger charge is -2.15. The zero-order chi connectivity index (χ0) is 14.0. The van der Waals surface area contributed by atoms with Gasteiger partial charge < -0.3 is 4.98 Å². The summed E-state index contributed by atoms with van der Waals surface area (Å²) in [6, 6.07) is 7.16. The van der Waals surface area contributed by atoms with Crippen LogP contribution in [0.15, 0.2) is 34.2 Å². The molecule has 2 rings (SSSR count). The summed E-state index contributed by atoms with van der Waals surface area (Å²) in [7, 11) is 0. The van der Waals surface area contributed by atoms with Crippen molar-refractivity contribution in [2.75, 3.05) is 5.75 Å². The predicted octanol–water partition coefficient (Wildman–Crippen LogP) is 2.63. The van der Waals surface area contributed by atoms with E-state index < -0.39 is 0 Å². The van der Waals surface area contributed by atoms with Crippen molar-refractivity contribution in [2.45, 2.75) is 25.9 Å². The summed E-state index contributed by atoms with van der Waals surface area (Å²) in [5, 5.41) is 1.05. The van der Waals surface area contributed by atoms with Crippen LogP contribution in [0.25, 0.3) is 10.9 Å². The van der Waals surface area contributed by atoms with Crippen LogP contribution in [0.3, 0.4) is 0 Å². The number of hydrogen-bond donors (Lipinski definition) is 1. The summed E-state index contributed by atoms with van der Waals surface area (Å²) in [6.45, 7) is 5.64. The van der Waals surface area contributed by atoms with Crippen molar-refractivity contribution in [3.63, 3.8) is 0 Å². The van der Waals surface area contributed by atoms with Crippen LogP contribution in [-0.4, -0.2) is 21.5 Å². The molecule has 0 saturated carbocycles. The number of aromatic nitrogens is 2. The minimum Gasteiger partial charge on any atom is -0.301 e. The molecule has 0 spiro atoms. The van der Waals surface area contributed by atoms with Gasteiger partial charge in [0, 0.05) is 5.41 Å². The van der Waals surface area contributed by atoms with E-state index in [0.717, 1.165) is 0 Å². The van der Waals surface area contributed by atoms with Crippen LogP contribution >= 0.6 is 11.8 Å². The number of carbonyl (C=O) groups is 1. The van der Waals surface area contributed by atoms with Crippen LogP contribution in [0.5, 0.6) is 0 Å². The zero-order valence-corrected chi connectivity index (χ0v) is 12.0. The molecule has 0 radical (unpaired) electrons. The number of carbonyl (C=O) groups excluding carboxylic acids is 1. The number of para-hydroxylation sites is 1. The van der Waals surface area contributed by atoms with E-state index in [2.05, 4.69) is 9.97 Å². The van der Waals surface area contributed by atoms with E-state index in [1.165, 1.54) is 11.8 Å². The maximum absolute atomic E-state index is 11.8. The number of fused-ring (bicyclic) bond motifs is 1. The number of rotatable bonds is 3. The van der Waals surface area contributed by atoms with E-state index in [9.17, 15) is 9.59 Å². The number of nitrogens with zero attached hydrogens (tertiary/aromatic N) is 1. The van der Waals surface area contributed by atoms with E-state index >= 15 is 0 Å². The van der Waals surface area contributed by atoms with Crippen LogP contribution in [0.2, 0.25) is 0 Å². The van der Waals surface area contributed by atoms with Crippen molar-refractivity contribution >= 4 is 28.4 Å². The molecule has 0 fully saturated rings. The second-order valence-corrected chi connectivity index (χ2v) is 6.31. The summed E-state index contributed by atoms with van der Waals surface area (Å²) in [6.07, 6.45) is 0. The standard InChI is InChI=1S/C14H16N2O2S/c1-14(2,3)11(17)8-19-13-15-10-7-5-4-6-9(10)12(18)16-13/h4-7H,8H2,1-3H3,(H,15,16,18). The van der Waals surface area contributed by atoms with Gasteiger partial charge in [0.1, 0.15) is 5.78 Å². The third-order valence-electron chi connectivity index (χ3n) is 2.77. The molecule has 19 heavy (non-hydrogen) atoms. The van der Waals surface area contributed by atoms with E-state index in [-0.39, 0.29) is 16.8 Å². The van der Waals surface area contributed by atoms with E-state index in [1.54, 1.807) is 18.2 Å². The largest absolute Gasteiger partial charge is 0.301 e. The molecule has 0 aliphatic rings. The SMILES string of the molecule is CC(C)(C)C(=O)CSc1nc2ccccc2c(=O)[nH]1. The van der Waals surface area contributed by atoms with Crippen molar-refractivity contribution in [1.82, 2.24) is 9.97 Å². The van der Waals surface area contributed by atoms with Crippen LogP contribution in [0.1, 0.15) is 20.8 Å². The Bertz CT molecular complexity index is 671. The Morgan fingerprint density at radius 3 is 2.68 bits per heavy atom. The molecule has 4 nitrogen and oxygen atoms in total. The van der Waals surface area contributed by atoms with Crippen molar-refractivity contribution in [3.05, 3.63) is 34.6 Å². The highest BCUT2D eigenvalue weighted by Crippen LogP contribution is 2.21. The van der Waals surface area contributed by atoms with Crippen molar-refractivity contribution < 1.29 is 4.79 Å². The summed E-state index contributed by atoms with van der Waals surface area (Å²) in [5.41, 5.74) is 0.109. The highest BCUT2D eigenvalue weighted by molar-refractivity contribution is 7.99. The fourth-order valence-electron chi connectivity index (χ4n) is 1.48. The van der Waals surface area contributed by atoms with Gasteiger partial charge >= 0.3 is 0 Å². The summed E-state index contributed by atoms with van der Waals surface area (Å²) < 4.78 is 0. The van der Waals surface area contributed by atoms with Gasteiger partial charge in [-0.05, 0) is 12.1 Å². The summed E-state index contributed by atoms with van der Waals surface area (Å²) in [5.74, 6) is 0.443. The number of ketones is 1. The molecule has 1 aromatic heterocycles. The summed E-state index contributed by atoms with van der Waals surface area (Å²) >= 11 is 1.27. The second-order valence-electron chi connectivity index (χ2n) is 5.35. The Morgan fingerprint density at radius 2 is 2.00 bits per heavy atom. The quantitative estimate of drug-likeness (QED) is 0.691. The molecular weight excluding hydrogens is 260 g/mol. The second kappa shape index (κ2) is 5.17. The molecule has 0 aliphatic carbocycles. The smallest absolute Gasteiger partial charge is 0.259 e. The lowest BCUT2D eigenvalue weighted by Crippen LogP contribution is -2.22. The number of H-pyrrole nitrogens is 1. The molecule has 1 heterocycles. The fraction of sp³-hybridized carbons (Fsp3) is 0.357. The first-order valence-electron chi connectivity index (χ1n) is 6.03. The van der Waals surface area contributed by atoms with Gasteiger partial charge in [0.25, 0.3) is 5.56 Å². The fourth-order valence-corrected chi connectivity index (χ4v) is 2.51. The minimum atomic E-state index is -0.371. The first kappa shape index (κ1) is 13.8. The summed E-state index contributed by atoms with van der Waals surface area (Å²) in [4.78, 5) is 30.7. The average Bonchev–Trinajstić information content (AvgIpc) is 2.35. The lowest BCUT2D eigenvalue weighted by atomic mass is 9.92. The normalized spacial score (nSPS) is 11.7. The lowest BCUT2D eigenvalue weighted by molar-refractivity contribution is -0.123. The Kier molecular flexibility index (Phi) is 3.75. The number of benzene rings is 1. The van der Waals surface area contributed by atoms with Crippen molar-refractivity contribution in [1.29, 1.82) is 0 Å². The van der Waals surface area contributed by atoms with Gasteiger partial charge in [-0.15, -0.1) is 0 Å². The number of Topliss-reactive ketones (excluding diaryl/α,β-unsaturated/α-hetero) is 1. The van der Waals surface area contributed by atoms with Gasteiger partial charge in [-0.3, -0.25) is 9.59 Å². The van der Waals surface area contributed by atoms with Crippen molar-refractivity contribution in [3.8, 4) is 0 Å². The molecular formula is C14H16N2O2S. The number of aromatic amines is 1. The zero-order valence-electron chi connectivity index (χ0n) is 11.2. The Hall–Kier alpha value is -1.62. The molecule has 0 saturated heterocycles. The van der Waals surface area contributed by atoms with Gasteiger partial charge in [0.2, 0.25) is 0 Å². The first-order chi connectivity index (χ1) is 8.88. The van der Waals surface area contributed by atoms with Crippen LogP contribution in [0.4, 0.5) is 0 Å². The molecule has 2 aromatic rings. The highest BCUT2D eigenvalue weighted by atomic mass is 32.2. The van der Waals surface area contributed by atoms with Gasteiger partial charge in [-0.1, -0.05) is 44.7 Å². The number of thioether (sulfide) groups is 1. The molecule has 0 bridgehead atoms. The number of nitrogens with one attached hydrogen (secondary N) is 1. The van der Waals surface area contributed by atoms with Gasteiger partial charge in [0.05, 0.1) is 16.7 Å². The third kappa shape index (κ3) is 3.23. The number of hydrogen-bond acceptors (Lipinski definition) is 4. The van der Waals surface area contributed by atoms with Gasteiger partial charge in [-0.2, -0.15) is 0 Å². The van der Waals surface area contributed by atoms with Gasteiger partial charge in [0.15, 0.2) is 5.16 Å². The van der Waals surface area contributed by atoms with E-state index in [4.69, 9.17) is 0 Å². The van der Waals surface area contributed by atoms with Crippen LogP contribution < -0.4 is 5.56 Å². The monoisotopic (exact) mass is 276 g/mol. The molecule has 0 amide bonds. The Labute approximate surface area is 115 Å². The molecule has 0 aliphatic heterocycles. The van der Waals surface area contributed by atoms with E-state index in [0.29, 0.717) is 21.8 Å². The molecule has 0 unspecified atom stereocenters. The van der Waals surface area contributed by atoms with E-state index in [1.807, 2.05) is 26.8 Å². The Morgan fingerprint density at radius 1 is 1.32 bits per heavy atom. The molecule has 0 atom stereocenters. The van der Waals surface area contributed by atoms with Crippen LogP contribution in [-0.2, 0) is 4.79 Å².